The van der Waals surface area contributed by atoms with Gasteiger partial charge < -0.3 is 23.8 Å². The number of thiazole rings is 1. The minimum atomic E-state index is -0.863. The summed E-state index contributed by atoms with van der Waals surface area (Å²) in [5, 5.41) is 0.429. The maximum absolute atomic E-state index is 13.9. The van der Waals surface area contributed by atoms with Crippen LogP contribution in [0.25, 0.3) is 6.08 Å². The van der Waals surface area contributed by atoms with E-state index in [9.17, 15) is 14.4 Å². The van der Waals surface area contributed by atoms with Crippen LogP contribution in [0.2, 0.25) is 5.02 Å². The Balaban J connectivity index is 1.49. The molecule has 1 saturated heterocycles. The van der Waals surface area contributed by atoms with E-state index in [1.165, 1.54) is 23.0 Å². The summed E-state index contributed by atoms with van der Waals surface area (Å²) in [6.45, 7) is 7.36. The lowest BCUT2D eigenvalue weighted by molar-refractivity contribution is -0.143. The molecule has 2 aromatic carbocycles. The zero-order valence-corrected chi connectivity index (χ0v) is 25.9. The summed E-state index contributed by atoms with van der Waals surface area (Å²) in [6.07, 6.45) is 1.38. The first-order chi connectivity index (χ1) is 20.7. The first-order valence-electron chi connectivity index (χ1n) is 13.8. The number of aromatic nitrogens is 1. The zero-order chi connectivity index (χ0) is 30.7. The van der Waals surface area contributed by atoms with Crippen molar-refractivity contribution < 1.29 is 28.5 Å². The lowest BCUT2D eigenvalue weighted by Gasteiger charge is -2.26. The van der Waals surface area contributed by atoms with Crippen molar-refractivity contribution in [1.29, 1.82) is 0 Å². The van der Waals surface area contributed by atoms with Crippen LogP contribution in [0.3, 0.4) is 0 Å². The number of halogens is 1. The number of carbonyl (C=O) groups excluding carboxylic acids is 2. The van der Waals surface area contributed by atoms with Crippen molar-refractivity contribution in [3.05, 3.63) is 89.6 Å². The van der Waals surface area contributed by atoms with Gasteiger partial charge in [0, 0.05) is 23.7 Å². The molecule has 3 aromatic rings. The fourth-order valence-electron chi connectivity index (χ4n) is 4.93. The largest absolute Gasteiger partial charge is 0.496 e. The first kappa shape index (κ1) is 30.5. The number of amides is 1. The van der Waals surface area contributed by atoms with Crippen molar-refractivity contribution in [3.8, 4) is 11.5 Å². The number of carbonyl (C=O) groups is 2. The maximum Gasteiger partial charge on any atom is 0.338 e. The summed E-state index contributed by atoms with van der Waals surface area (Å²) in [7, 11) is 1.52. The molecular weight excluding hydrogens is 594 g/mol. The van der Waals surface area contributed by atoms with Crippen molar-refractivity contribution in [2.75, 3.05) is 40.0 Å². The van der Waals surface area contributed by atoms with Crippen molar-refractivity contribution in [2.45, 2.75) is 32.9 Å². The SMILES string of the molecule is COc1ccc(Cl)cc1[C@H]1C(C(=O)OC(C)C)=C(C)N=c2s/c(=C\c3ccc(OCC(=O)N4CCOCC4)cc3)c(=O)n21. The molecule has 0 saturated carbocycles. The summed E-state index contributed by atoms with van der Waals surface area (Å²) >= 11 is 7.59. The number of fused-ring (bicyclic) bond motifs is 1. The molecule has 0 unspecified atom stereocenters. The van der Waals surface area contributed by atoms with Crippen LogP contribution in [0.4, 0.5) is 0 Å². The number of hydrogen-bond donors (Lipinski definition) is 0. The van der Waals surface area contributed by atoms with Gasteiger partial charge in [-0.2, -0.15) is 0 Å². The summed E-state index contributed by atoms with van der Waals surface area (Å²) in [4.78, 5) is 46.5. The minimum Gasteiger partial charge on any atom is -0.496 e. The molecule has 1 aromatic heterocycles. The fraction of sp³-hybridized carbons (Fsp3) is 0.355. The number of ether oxygens (including phenoxy) is 4. The highest BCUT2D eigenvalue weighted by molar-refractivity contribution is 7.07. The van der Waals surface area contributed by atoms with Crippen LogP contribution in [-0.2, 0) is 19.1 Å². The summed E-state index contributed by atoms with van der Waals surface area (Å²) in [5.41, 5.74) is 1.65. The molecule has 5 rings (SSSR count). The molecule has 2 aliphatic rings. The number of benzene rings is 2. The number of esters is 1. The average Bonchev–Trinajstić information content (AvgIpc) is 3.29. The standard InChI is InChI=1S/C31H32ClN3O7S/c1-18(2)42-30(38)27-19(3)33-31-35(28(27)23-16-21(32)7-10-24(23)39-4)29(37)25(43-31)15-20-5-8-22(9-6-20)41-17-26(36)34-11-13-40-14-12-34/h5-10,15-16,18,28H,11-14,17H2,1-4H3/b25-15-/t28-/m0/s1. The Bertz CT molecular complexity index is 1740. The molecule has 3 heterocycles. The topological polar surface area (TPSA) is 109 Å². The molecule has 0 spiro atoms. The fourth-order valence-corrected chi connectivity index (χ4v) is 6.16. The summed E-state index contributed by atoms with van der Waals surface area (Å²) in [6, 6.07) is 11.3. The number of rotatable bonds is 8. The third-order valence-electron chi connectivity index (χ3n) is 6.97. The van der Waals surface area contributed by atoms with E-state index in [4.69, 9.17) is 30.5 Å². The van der Waals surface area contributed by atoms with E-state index in [0.29, 0.717) is 63.4 Å². The van der Waals surface area contributed by atoms with Gasteiger partial charge in [0.25, 0.3) is 11.5 Å². The highest BCUT2D eigenvalue weighted by Crippen LogP contribution is 2.37. The molecule has 226 valence electrons. The van der Waals surface area contributed by atoms with Gasteiger partial charge in [-0.25, -0.2) is 9.79 Å². The normalized spacial score (nSPS) is 17.0. The molecule has 1 atom stereocenters. The molecule has 0 bridgehead atoms. The first-order valence-corrected chi connectivity index (χ1v) is 15.0. The van der Waals surface area contributed by atoms with Crippen LogP contribution in [0.15, 0.2) is 63.5 Å². The van der Waals surface area contributed by atoms with Gasteiger partial charge in [0.05, 0.1) is 42.2 Å². The van der Waals surface area contributed by atoms with Crippen LogP contribution in [-0.4, -0.2) is 67.5 Å². The minimum absolute atomic E-state index is 0.0637. The van der Waals surface area contributed by atoms with Crippen LogP contribution in [0.1, 0.15) is 37.9 Å². The van der Waals surface area contributed by atoms with Gasteiger partial charge in [-0.15, -0.1) is 0 Å². The molecular formula is C31H32ClN3O7S. The van der Waals surface area contributed by atoms with Gasteiger partial charge in [0.1, 0.15) is 17.5 Å². The number of nitrogens with zero attached hydrogens (tertiary/aromatic N) is 3. The second-order valence-corrected chi connectivity index (χ2v) is 11.7. The molecule has 1 amide bonds. The lowest BCUT2D eigenvalue weighted by atomic mass is 9.95. The van der Waals surface area contributed by atoms with Gasteiger partial charge in [-0.05, 0) is 62.7 Å². The predicted molar refractivity (Wildman–Crippen MR) is 162 cm³/mol. The van der Waals surface area contributed by atoms with Crippen LogP contribution in [0.5, 0.6) is 11.5 Å². The highest BCUT2D eigenvalue weighted by Gasteiger charge is 2.35. The van der Waals surface area contributed by atoms with Gasteiger partial charge in [-0.1, -0.05) is 35.1 Å². The Labute approximate surface area is 257 Å². The molecule has 2 aliphatic heterocycles. The van der Waals surface area contributed by atoms with Crippen molar-refractivity contribution >= 4 is 40.9 Å². The Kier molecular flexibility index (Phi) is 9.34. The quantitative estimate of drug-likeness (QED) is 0.354. The van der Waals surface area contributed by atoms with E-state index in [1.807, 2.05) is 0 Å². The number of allylic oxidation sites excluding steroid dienone is 1. The smallest absolute Gasteiger partial charge is 0.338 e. The molecule has 12 heteroatoms. The third-order valence-corrected chi connectivity index (χ3v) is 8.19. The maximum atomic E-state index is 13.9. The second kappa shape index (κ2) is 13.2. The van der Waals surface area contributed by atoms with E-state index >= 15 is 0 Å². The summed E-state index contributed by atoms with van der Waals surface area (Å²) in [5.74, 6) is 0.347. The van der Waals surface area contributed by atoms with Crippen molar-refractivity contribution in [1.82, 2.24) is 9.47 Å². The van der Waals surface area contributed by atoms with Gasteiger partial charge in [0.15, 0.2) is 11.4 Å². The number of hydrogen-bond acceptors (Lipinski definition) is 9. The highest BCUT2D eigenvalue weighted by atomic mass is 35.5. The van der Waals surface area contributed by atoms with Crippen molar-refractivity contribution in [2.24, 2.45) is 4.99 Å². The summed E-state index contributed by atoms with van der Waals surface area (Å²) < 4.78 is 24.1. The monoisotopic (exact) mass is 625 g/mol. The second-order valence-electron chi connectivity index (χ2n) is 10.3. The Hall–Kier alpha value is -3.93. The molecule has 0 N–H and O–H groups in total. The molecule has 0 radical (unpaired) electrons. The van der Waals surface area contributed by atoms with E-state index < -0.39 is 12.0 Å². The third kappa shape index (κ3) is 6.69. The van der Waals surface area contributed by atoms with Gasteiger partial charge in [0.2, 0.25) is 0 Å². The predicted octanol–water partition coefficient (Wildman–Crippen LogP) is 3.09. The van der Waals surface area contributed by atoms with E-state index in [1.54, 1.807) is 74.2 Å². The van der Waals surface area contributed by atoms with E-state index in [0.717, 1.165) is 5.56 Å². The van der Waals surface area contributed by atoms with Crippen LogP contribution in [0, 0.1) is 0 Å². The average molecular weight is 626 g/mol. The molecule has 43 heavy (non-hydrogen) atoms. The van der Waals surface area contributed by atoms with E-state index in [-0.39, 0.29) is 29.8 Å². The van der Waals surface area contributed by atoms with Crippen LogP contribution >= 0.6 is 22.9 Å². The number of methoxy groups -OCH3 is 1. The number of morpholine rings is 1. The molecule has 1 fully saturated rings. The van der Waals surface area contributed by atoms with E-state index in [2.05, 4.69) is 4.99 Å². The lowest BCUT2D eigenvalue weighted by Crippen LogP contribution is -2.42. The van der Waals surface area contributed by atoms with Crippen molar-refractivity contribution in [3.63, 3.8) is 0 Å². The van der Waals surface area contributed by atoms with Gasteiger partial charge in [-0.3, -0.25) is 14.2 Å². The molecule has 0 aliphatic carbocycles. The zero-order valence-electron chi connectivity index (χ0n) is 24.3. The Morgan fingerprint density at radius 2 is 1.88 bits per heavy atom. The Morgan fingerprint density at radius 3 is 2.56 bits per heavy atom. The van der Waals surface area contributed by atoms with Gasteiger partial charge >= 0.3 is 5.97 Å². The molecule has 10 nitrogen and oxygen atoms in total. The van der Waals surface area contributed by atoms with Crippen LogP contribution < -0.4 is 24.4 Å². The Morgan fingerprint density at radius 1 is 1.16 bits per heavy atom.